The Hall–Kier alpha value is -2.17. The number of hydrogen-bond acceptors (Lipinski definition) is 6. The first-order valence-electron chi connectivity index (χ1n) is 8.89. The number of rotatable bonds is 9. The van der Waals surface area contributed by atoms with Crippen LogP contribution in [0.1, 0.15) is 16.6 Å². The Bertz CT molecular complexity index is 1040. The van der Waals surface area contributed by atoms with Crippen LogP contribution in [0, 0.1) is 17.0 Å². The SMILES string of the molecule is C=CCOc1c(Br)cc([C@@H](C[N+](=O)[O-])Sc2nnc(C)n2-c2ccccc2)cc1Br. The first-order chi connectivity index (χ1) is 14.4. The highest BCUT2D eigenvalue weighted by Crippen LogP contribution is 2.42. The molecule has 156 valence electrons. The van der Waals surface area contributed by atoms with Gasteiger partial charge in [-0.1, -0.05) is 42.6 Å². The summed E-state index contributed by atoms with van der Waals surface area (Å²) < 4.78 is 8.94. The molecule has 0 aliphatic rings. The molecule has 0 unspecified atom stereocenters. The summed E-state index contributed by atoms with van der Waals surface area (Å²) >= 11 is 8.31. The standard InChI is InChI=1S/C20H18Br2N4O3S/c1-3-9-29-19-16(21)10-14(11-17(19)22)18(12-25(27)28)30-20-24-23-13(2)26(20)15-7-5-4-6-8-15/h3-8,10-11,18H,1,9,12H2,2H3/t18-/m1/s1. The lowest BCUT2D eigenvalue weighted by Gasteiger charge is -2.17. The van der Waals surface area contributed by atoms with Crippen LogP contribution in [0.3, 0.4) is 0 Å². The molecule has 0 aliphatic heterocycles. The topological polar surface area (TPSA) is 83.1 Å². The smallest absolute Gasteiger partial charge is 0.220 e. The highest BCUT2D eigenvalue weighted by Gasteiger charge is 2.25. The third kappa shape index (κ3) is 5.30. The Morgan fingerprint density at radius 1 is 1.27 bits per heavy atom. The molecular weight excluding hydrogens is 536 g/mol. The maximum Gasteiger partial charge on any atom is 0.220 e. The van der Waals surface area contributed by atoms with Crippen LogP contribution in [-0.2, 0) is 0 Å². The summed E-state index contributed by atoms with van der Waals surface area (Å²) in [7, 11) is 0. The van der Waals surface area contributed by atoms with Crippen LogP contribution in [0.15, 0.2) is 69.2 Å². The van der Waals surface area contributed by atoms with E-state index >= 15 is 0 Å². The van der Waals surface area contributed by atoms with Gasteiger partial charge in [-0.15, -0.1) is 10.2 Å². The van der Waals surface area contributed by atoms with E-state index in [1.807, 2.05) is 54.0 Å². The molecule has 0 saturated carbocycles. The minimum absolute atomic E-state index is 0.267. The molecule has 3 rings (SSSR count). The number of aromatic nitrogens is 3. The molecule has 7 nitrogen and oxygen atoms in total. The van der Waals surface area contributed by atoms with Crippen LogP contribution >= 0.6 is 43.6 Å². The van der Waals surface area contributed by atoms with E-state index in [1.165, 1.54) is 11.8 Å². The van der Waals surface area contributed by atoms with Crippen molar-refractivity contribution in [3.8, 4) is 11.4 Å². The number of halogens is 2. The lowest BCUT2D eigenvalue weighted by Crippen LogP contribution is -2.11. The highest BCUT2D eigenvalue weighted by molar-refractivity contribution is 9.11. The largest absolute Gasteiger partial charge is 0.487 e. The van der Waals surface area contributed by atoms with Gasteiger partial charge in [0.2, 0.25) is 6.54 Å². The van der Waals surface area contributed by atoms with Crippen LogP contribution < -0.4 is 4.74 Å². The van der Waals surface area contributed by atoms with Crippen molar-refractivity contribution in [3.05, 3.63) is 85.6 Å². The van der Waals surface area contributed by atoms with Gasteiger partial charge in [-0.3, -0.25) is 14.7 Å². The fourth-order valence-electron chi connectivity index (χ4n) is 2.81. The summed E-state index contributed by atoms with van der Waals surface area (Å²) in [5.41, 5.74) is 1.67. The fourth-order valence-corrected chi connectivity index (χ4v) is 5.42. The van der Waals surface area contributed by atoms with Gasteiger partial charge in [-0.2, -0.15) is 0 Å². The van der Waals surface area contributed by atoms with E-state index in [4.69, 9.17) is 4.74 Å². The number of aryl methyl sites for hydroxylation is 1. The van der Waals surface area contributed by atoms with Gasteiger partial charge in [0.1, 0.15) is 23.4 Å². The van der Waals surface area contributed by atoms with Crippen molar-refractivity contribution in [2.45, 2.75) is 17.3 Å². The third-order valence-electron chi connectivity index (χ3n) is 4.11. The average molecular weight is 554 g/mol. The van der Waals surface area contributed by atoms with Gasteiger partial charge in [0.15, 0.2) is 5.16 Å². The number of hydrogen-bond donors (Lipinski definition) is 0. The van der Waals surface area contributed by atoms with Crippen molar-refractivity contribution in [3.63, 3.8) is 0 Å². The lowest BCUT2D eigenvalue weighted by atomic mass is 10.1. The van der Waals surface area contributed by atoms with Crippen molar-refractivity contribution in [1.29, 1.82) is 0 Å². The summed E-state index contributed by atoms with van der Waals surface area (Å²) in [6, 6.07) is 13.3. The molecule has 0 saturated heterocycles. The zero-order chi connectivity index (χ0) is 21.7. The van der Waals surface area contributed by atoms with Crippen molar-refractivity contribution in [2.24, 2.45) is 0 Å². The van der Waals surface area contributed by atoms with Crippen molar-refractivity contribution in [2.75, 3.05) is 13.2 Å². The fraction of sp³-hybridized carbons (Fsp3) is 0.200. The number of nitrogens with zero attached hydrogens (tertiary/aromatic N) is 4. The first kappa shape index (κ1) is 22.5. The Morgan fingerprint density at radius 2 is 1.93 bits per heavy atom. The van der Waals surface area contributed by atoms with E-state index in [2.05, 4.69) is 48.6 Å². The van der Waals surface area contributed by atoms with Gasteiger partial charge < -0.3 is 4.74 Å². The minimum Gasteiger partial charge on any atom is -0.487 e. The molecule has 3 aromatic rings. The molecule has 2 aromatic carbocycles. The number of ether oxygens (including phenoxy) is 1. The maximum absolute atomic E-state index is 11.4. The molecule has 1 heterocycles. The van der Waals surface area contributed by atoms with E-state index in [1.54, 1.807) is 6.08 Å². The Labute approximate surface area is 194 Å². The van der Waals surface area contributed by atoms with Gasteiger partial charge in [0, 0.05) is 10.6 Å². The number of nitro groups is 1. The van der Waals surface area contributed by atoms with Gasteiger partial charge in [-0.25, -0.2) is 0 Å². The molecule has 0 spiro atoms. The molecule has 10 heteroatoms. The average Bonchev–Trinajstić information content (AvgIpc) is 3.07. The van der Waals surface area contributed by atoms with Gasteiger partial charge in [-0.05, 0) is 68.6 Å². The van der Waals surface area contributed by atoms with E-state index in [0.717, 1.165) is 11.3 Å². The maximum atomic E-state index is 11.4. The molecule has 0 amide bonds. The predicted octanol–water partition coefficient (Wildman–Crippen LogP) is 5.78. The zero-order valence-corrected chi connectivity index (χ0v) is 20.0. The van der Waals surface area contributed by atoms with Crippen molar-refractivity contribution < 1.29 is 9.66 Å². The summed E-state index contributed by atoms with van der Waals surface area (Å²) in [5, 5.41) is 19.9. The van der Waals surface area contributed by atoms with Crippen molar-refractivity contribution in [1.82, 2.24) is 14.8 Å². The third-order valence-corrected chi connectivity index (χ3v) is 6.47. The van der Waals surface area contributed by atoms with Crippen LogP contribution in [-0.4, -0.2) is 32.8 Å². The summed E-state index contributed by atoms with van der Waals surface area (Å²) in [6.07, 6.45) is 1.65. The van der Waals surface area contributed by atoms with E-state index < -0.39 is 5.25 Å². The molecule has 0 aliphatic carbocycles. The Balaban J connectivity index is 1.98. The second-order valence-corrected chi connectivity index (χ2v) is 9.11. The predicted molar refractivity (Wildman–Crippen MR) is 124 cm³/mol. The highest BCUT2D eigenvalue weighted by atomic mass is 79.9. The van der Waals surface area contributed by atoms with Crippen LogP contribution in [0.4, 0.5) is 0 Å². The minimum atomic E-state index is -0.480. The second kappa shape index (κ2) is 10.2. The van der Waals surface area contributed by atoms with Crippen LogP contribution in [0.25, 0.3) is 5.69 Å². The van der Waals surface area contributed by atoms with E-state index in [-0.39, 0.29) is 11.5 Å². The monoisotopic (exact) mass is 552 g/mol. The molecule has 0 radical (unpaired) electrons. The Kier molecular flexibility index (Phi) is 7.68. The van der Waals surface area contributed by atoms with Crippen LogP contribution in [0.5, 0.6) is 5.75 Å². The quantitative estimate of drug-likeness (QED) is 0.145. The molecule has 0 N–H and O–H groups in total. The molecule has 0 fully saturated rings. The van der Waals surface area contributed by atoms with Crippen molar-refractivity contribution >= 4 is 43.6 Å². The summed E-state index contributed by atoms with van der Waals surface area (Å²) in [4.78, 5) is 11.1. The lowest BCUT2D eigenvalue weighted by molar-refractivity contribution is -0.479. The molecule has 30 heavy (non-hydrogen) atoms. The van der Waals surface area contributed by atoms with Crippen LogP contribution in [0.2, 0.25) is 0 Å². The normalized spacial score (nSPS) is 11.8. The van der Waals surface area contributed by atoms with Gasteiger partial charge >= 0.3 is 0 Å². The Morgan fingerprint density at radius 3 is 2.53 bits per heavy atom. The number of thioether (sulfide) groups is 1. The van der Waals surface area contributed by atoms with Gasteiger partial charge in [0.25, 0.3) is 0 Å². The van der Waals surface area contributed by atoms with Gasteiger partial charge in [0.05, 0.1) is 8.95 Å². The number of benzene rings is 2. The van der Waals surface area contributed by atoms with E-state index in [0.29, 0.717) is 32.3 Å². The first-order valence-corrected chi connectivity index (χ1v) is 11.4. The van der Waals surface area contributed by atoms with E-state index in [9.17, 15) is 10.1 Å². The number of para-hydroxylation sites is 1. The summed E-state index contributed by atoms with van der Waals surface area (Å²) in [5.74, 6) is 1.32. The summed E-state index contributed by atoms with van der Waals surface area (Å²) in [6.45, 7) is 5.58. The molecule has 0 bridgehead atoms. The zero-order valence-electron chi connectivity index (χ0n) is 16.0. The second-order valence-electron chi connectivity index (χ2n) is 6.24. The molecular formula is C20H18Br2N4O3S. The molecule has 1 aromatic heterocycles. The molecule has 1 atom stereocenters.